The van der Waals surface area contributed by atoms with Crippen molar-refractivity contribution < 1.29 is 5.11 Å². The zero-order chi connectivity index (χ0) is 6.41. The van der Waals surface area contributed by atoms with E-state index >= 15 is 0 Å². The highest BCUT2D eigenvalue weighted by Crippen LogP contribution is 2.00. The van der Waals surface area contributed by atoms with Gasteiger partial charge in [0.25, 0.3) is 0 Å². The van der Waals surface area contributed by atoms with Crippen LogP contribution in [0.5, 0.6) is 0 Å². The molecule has 0 aromatic heterocycles. The second-order valence-corrected chi connectivity index (χ2v) is 2.30. The second-order valence-electron chi connectivity index (χ2n) is 1.96. The molecular weight excluding hydrogens is 120 g/mol. The van der Waals surface area contributed by atoms with Crippen molar-refractivity contribution in [2.45, 2.75) is 32.3 Å². The second kappa shape index (κ2) is 5.45. The molecule has 0 rings (SSSR count). The van der Waals surface area contributed by atoms with Crippen molar-refractivity contribution in [2.24, 2.45) is 0 Å². The number of unbranched alkanes of at least 4 members (excludes halogenated alkanes) is 1. The zero-order valence-corrected chi connectivity index (χ0v) is 6.08. The van der Waals surface area contributed by atoms with E-state index in [2.05, 4.69) is 19.6 Å². The molecule has 8 heavy (non-hydrogen) atoms. The SMILES string of the molecule is CCCCC(O)C[S]. The van der Waals surface area contributed by atoms with E-state index in [9.17, 15) is 0 Å². The first-order chi connectivity index (χ1) is 3.81. The number of hydrogen-bond donors (Lipinski definition) is 1. The maximum atomic E-state index is 8.88. The van der Waals surface area contributed by atoms with Gasteiger partial charge in [0.2, 0.25) is 0 Å². The number of aliphatic hydroxyl groups is 1. The van der Waals surface area contributed by atoms with E-state index in [1.54, 1.807) is 0 Å². The Morgan fingerprint density at radius 3 is 2.62 bits per heavy atom. The van der Waals surface area contributed by atoms with Crippen LogP contribution in [-0.2, 0) is 0 Å². The highest BCUT2D eigenvalue weighted by atomic mass is 32.1. The maximum Gasteiger partial charge on any atom is 0.0639 e. The van der Waals surface area contributed by atoms with Crippen molar-refractivity contribution in [3.05, 3.63) is 0 Å². The molecule has 0 aliphatic heterocycles. The van der Waals surface area contributed by atoms with Gasteiger partial charge in [0.05, 0.1) is 6.10 Å². The normalized spacial score (nSPS) is 13.9. The van der Waals surface area contributed by atoms with Gasteiger partial charge >= 0.3 is 0 Å². The number of rotatable bonds is 4. The summed E-state index contributed by atoms with van der Waals surface area (Å²) in [7, 11) is 0. The fourth-order valence-corrected chi connectivity index (χ4v) is 0.690. The summed E-state index contributed by atoms with van der Waals surface area (Å²) in [6.45, 7) is 2.11. The van der Waals surface area contributed by atoms with Crippen LogP contribution >= 0.6 is 12.6 Å². The van der Waals surface area contributed by atoms with Crippen LogP contribution in [-0.4, -0.2) is 17.0 Å². The molecule has 1 N–H and O–H groups in total. The molecule has 1 unspecified atom stereocenters. The Morgan fingerprint density at radius 1 is 1.62 bits per heavy atom. The average Bonchev–Trinajstić information content (AvgIpc) is 1.83. The third-order valence-electron chi connectivity index (χ3n) is 1.08. The third kappa shape index (κ3) is 4.47. The predicted octanol–water partition coefficient (Wildman–Crippen LogP) is 1.73. The lowest BCUT2D eigenvalue weighted by atomic mass is 10.2. The van der Waals surface area contributed by atoms with Crippen LogP contribution in [0.2, 0.25) is 0 Å². The Labute approximate surface area is 56.5 Å². The topological polar surface area (TPSA) is 20.2 Å². The zero-order valence-electron chi connectivity index (χ0n) is 5.26. The molecule has 0 aromatic carbocycles. The van der Waals surface area contributed by atoms with Gasteiger partial charge in [0.1, 0.15) is 0 Å². The monoisotopic (exact) mass is 133 g/mol. The minimum absolute atomic E-state index is 0.232. The van der Waals surface area contributed by atoms with Crippen molar-refractivity contribution in [1.29, 1.82) is 0 Å². The molecule has 0 aliphatic carbocycles. The molecule has 0 aromatic rings. The fraction of sp³-hybridized carbons (Fsp3) is 1.00. The Morgan fingerprint density at radius 2 is 2.25 bits per heavy atom. The highest BCUT2D eigenvalue weighted by molar-refractivity contribution is 7.80. The Bertz CT molecular complexity index is 47.8. The van der Waals surface area contributed by atoms with E-state index in [-0.39, 0.29) is 6.10 Å². The minimum Gasteiger partial charge on any atom is -0.392 e. The predicted molar refractivity (Wildman–Crippen MR) is 38.0 cm³/mol. The Hall–Kier alpha value is 0.310. The minimum atomic E-state index is -0.232. The average molecular weight is 133 g/mol. The summed E-state index contributed by atoms with van der Waals surface area (Å²) in [5, 5.41) is 8.88. The summed E-state index contributed by atoms with van der Waals surface area (Å²) >= 11 is 4.64. The van der Waals surface area contributed by atoms with Gasteiger partial charge in [-0.2, -0.15) is 0 Å². The van der Waals surface area contributed by atoms with Crippen LogP contribution < -0.4 is 0 Å². The highest BCUT2D eigenvalue weighted by Gasteiger charge is 1.97. The number of hydrogen-bond acceptors (Lipinski definition) is 1. The molecule has 0 fully saturated rings. The summed E-state index contributed by atoms with van der Waals surface area (Å²) in [5.74, 6) is 0.486. The largest absolute Gasteiger partial charge is 0.392 e. The van der Waals surface area contributed by atoms with Crippen LogP contribution in [0.3, 0.4) is 0 Å². The molecule has 0 spiro atoms. The molecule has 0 saturated heterocycles. The molecule has 0 bridgehead atoms. The van der Waals surface area contributed by atoms with Crippen molar-refractivity contribution in [1.82, 2.24) is 0 Å². The summed E-state index contributed by atoms with van der Waals surface area (Å²) in [5.41, 5.74) is 0. The lowest BCUT2D eigenvalue weighted by Gasteiger charge is -2.02. The van der Waals surface area contributed by atoms with Crippen molar-refractivity contribution >= 4 is 12.6 Å². The molecule has 1 nitrogen and oxygen atoms in total. The van der Waals surface area contributed by atoms with E-state index < -0.39 is 0 Å². The van der Waals surface area contributed by atoms with E-state index in [0.717, 1.165) is 19.3 Å². The van der Waals surface area contributed by atoms with E-state index in [0.29, 0.717) is 5.75 Å². The first-order valence-corrected chi connectivity index (χ1v) is 3.65. The molecule has 0 heterocycles. The summed E-state index contributed by atoms with van der Waals surface area (Å²) in [6.07, 6.45) is 2.88. The molecule has 49 valence electrons. The van der Waals surface area contributed by atoms with Gasteiger partial charge in [-0.1, -0.05) is 32.4 Å². The molecule has 0 aliphatic rings. The quantitative estimate of drug-likeness (QED) is 0.619. The molecule has 1 atom stereocenters. The smallest absolute Gasteiger partial charge is 0.0639 e. The van der Waals surface area contributed by atoms with E-state index in [1.807, 2.05) is 0 Å². The van der Waals surface area contributed by atoms with Crippen molar-refractivity contribution in [3.8, 4) is 0 Å². The molecular formula is C6H13OS. The third-order valence-corrected chi connectivity index (χ3v) is 1.47. The van der Waals surface area contributed by atoms with Crippen molar-refractivity contribution in [3.63, 3.8) is 0 Å². The summed E-state index contributed by atoms with van der Waals surface area (Å²) < 4.78 is 0. The first-order valence-electron chi connectivity index (χ1n) is 3.07. The van der Waals surface area contributed by atoms with Crippen LogP contribution in [0.1, 0.15) is 26.2 Å². The van der Waals surface area contributed by atoms with Gasteiger partial charge < -0.3 is 5.11 Å². The van der Waals surface area contributed by atoms with Crippen LogP contribution in [0.15, 0.2) is 0 Å². The summed E-state index contributed by atoms with van der Waals surface area (Å²) in [4.78, 5) is 0. The van der Waals surface area contributed by atoms with E-state index in [4.69, 9.17) is 5.11 Å². The van der Waals surface area contributed by atoms with Crippen LogP contribution in [0.25, 0.3) is 0 Å². The van der Waals surface area contributed by atoms with Crippen LogP contribution in [0.4, 0.5) is 0 Å². The van der Waals surface area contributed by atoms with Gasteiger partial charge in [-0.15, -0.1) is 0 Å². The van der Waals surface area contributed by atoms with Gasteiger partial charge in [0, 0.05) is 5.75 Å². The van der Waals surface area contributed by atoms with Gasteiger partial charge in [-0.3, -0.25) is 0 Å². The standard InChI is InChI=1S/C6H13OS/c1-2-3-4-6(7)5-8/h6-7H,2-5H2,1H3. The Balaban J connectivity index is 2.86. The van der Waals surface area contributed by atoms with Crippen molar-refractivity contribution in [2.75, 3.05) is 5.75 Å². The first kappa shape index (κ1) is 8.31. The molecule has 0 saturated carbocycles. The summed E-state index contributed by atoms with van der Waals surface area (Å²) in [6, 6.07) is 0. The molecule has 1 radical (unpaired) electrons. The van der Waals surface area contributed by atoms with Gasteiger partial charge in [0.15, 0.2) is 0 Å². The molecule has 0 amide bonds. The lowest BCUT2D eigenvalue weighted by molar-refractivity contribution is 0.186. The van der Waals surface area contributed by atoms with E-state index in [1.165, 1.54) is 0 Å². The van der Waals surface area contributed by atoms with Crippen LogP contribution in [0, 0.1) is 0 Å². The van der Waals surface area contributed by atoms with Gasteiger partial charge in [-0.25, -0.2) is 0 Å². The lowest BCUT2D eigenvalue weighted by Crippen LogP contribution is -2.06. The molecule has 2 heteroatoms. The number of aliphatic hydroxyl groups excluding tert-OH is 1. The van der Waals surface area contributed by atoms with Gasteiger partial charge in [-0.05, 0) is 6.42 Å². The maximum absolute atomic E-state index is 8.88. The Kier molecular flexibility index (Phi) is 5.66. The fourth-order valence-electron chi connectivity index (χ4n) is 0.523.